The van der Waals surface area contributed by atoms with E-state index in [1.54, 1.807) is 6.07 Å². The highest BCUT2D eigenvalue weighted by Gasteiger charge is 2.51. The molecule has 11 heteroatoms. The third-order valence-electron chi connectivity index (χ3n) is 8.67. The Labute approximate surface area is 231 Å². The van der Waals surface area contributed by atoms with Gasteiger partial charge in [0, 0.05) is 22.8 Å². The van der Waals surface area contributed by atoms with E-state index >= 15 is 0 Å². The monoisotopic (exact) mass is 594 g/mol. The van der Waals surface area contributed by atoms with Gasteiger partial charge in [-0.05, 0) is 101 Å². The van der Waals surface area contributed by atoms with Gasteiger partial charge in [0.05, 0.1) is 17.7 Å². The first-order chi connectivity index (χ1) is 18.7. The van der Waals surface area contributed by atoms with Crippen LogP contribution in [-0.4, -0.2) is 32.9 Å². The number of benzene rings is 2. The van der Waals surface area contributed by atoms with Crippen molar-refractivity contribution in [2.45, 2.75) is 43.9 Å². The van der Waals surface area contributed by atoms with Gasteiger partial charge in [0.15, 0.2) is 0 Å². The Balaban J connectivity index is 1.38. The van der Waals surface area contributed by atoms with Crippen molar-refractivity contribution in [3.63, 3.8) is 0 Å². The van der Waals surface area contributed by atoms with Gasteiger partial charge in [-0.25, -0.2) is 9.36 Å². The Hall–Kier alpha value is -3.73. The van der Waals surface area contributed by atoms with E-state index in [-0.39, 0.29) is 28.1 Å². The number of hydrogen-bond donors (Lipinski definition) is 2. The molecule has 202 valence electrons. The van der Waals surface area contributed by atoms with Gasteiger partial charge in [-0.2, -0.15) is 0 Å². The number of H-pyrrole nitrogens is 1. The number of nitrogens with zero attached hydrogens (tertiary/aromatic N) is 3. The van der Waals surface area contributed by atoms with Gasteiger partial charge in [0.25, 0.3) is 11.2 Å². The summed E-state index contributed by atoms with van der Waals surface area (Å²) in [5.74, 6) is 2.00. The summed E-state index contributed by atoms with van der Waals surface area (Å²) >= 11 is 3.61. The third-order valence-corrected chi connectivity index (χ3v) is 9.30. The molecule has 7 rings (SSSR count). The summed E-state index contributed by atoms with van der Waals surface area (Å²) in [5, 5.41) is 22.2. The van der Waals surface area contributed by atoms with E-state index in [4.69, 9.17) is 4.74 Å². The van der Waals surface area contributed by atoms with Gasteiger partial charge in [-0.15, -0.1) is 0 Å². The number of nitrogens with one attached hydrogen (secondary N) is 1. The van der Waals surface area contributed by atoms with Crippen LogP contribution in [0.5, 0.6) is 11.6 Å². The molecule has 0 aliphatic heterocycles. The van der Waals surface area contributed by atoms with Gasteiger partial charge >= 0.3 is 5.69 Å². The van der Waals surface area contributed by atoms with E-state index in [1.165, 1.54) is 69.4 Å². The van der Waals surface area contributed by atoms with Crippen LogP contribution in [0, 0.1) is 27.9 Å². The number of methoxy groups -OCH3 is 1. The molecule has 0 amide bonds. The normalized spacial score (nSPS) is 25.3. The number of aromatic hydroxyl groups is 1. The second-order valence-corrected chi connectivity index (χ2v) is 11.9. The third kappa shape index (κ3) is 4.38. The quantitative estimate of drug-likeness (QED) is 0.230. The molecule has 0 unspecified atom stereocenters. The van der Waals surface area contributed by atoms with E-state index in [2.05, 4.69) is 25.9 Å². The zero-order chi connectivity index (χ0) is 27.5. The molecule has 10 nitrogen and oxygen atoms in total. The smallest absolute Gasteiger partial charge is 0.335 e. The summed E-state index contributed by atoms with van der Waals surface area (Å²) in [7, 11) is 1.38. The molecule has 4 fully saturated rings. The Kier molecular flexibility index (Phi) is 6.21. The van der Waals surface area contributed by atoms with Crippen LogP contribution in [0.25, 0.3) is 5.69 Å². The van der Waals surface area contributed by atoms with Gasteiger partial charge in [0.2, 0.25) is 5.88 Å². The molecule has 1 heterocycles. The average molecular weight is 595 g/mol. The number of ether oxygens (including phenoxy) is 1. The second-order valence-electron chi connectivity index (χ2n) is 11.1. The summed E-state index contributed by atoms with van der Waals surface area (Å²) < 4.78 is 6.85. The maximum absolute atomic E-state index is 12.9. The lowest BCUT2D eigenvalue weighted by molar-refractivity contribution is -0.384. The van der Waals surface area contributed by atoms with Crippen molar-refractivity contribution < 1.29 is 14.8 Å². The van der Waals surface area contributed by atoms with Gasteiger partial charge in [0.1, 0.15) is 17.0 Å². The zero-order valence-corrected chi connectivity index (χ0v) is 22.8. The highest BCUT2D eigenvalue weighted by Crippen LogP contribution is 2.61. The predicted molar refractivity (Wildman–Crippen MR) is 149 cm³/mol. The zero-order valence-electron chi connectivity index (χ0n) is 21.2. The molecule has 0 radical (unpaired) electrons. The highest BCUT2D eigenvalue weighted by molar-refractivity contribution is 9.10. The van der Waals surface area contributed by atoms with E-state index in [0.717, 1.165) is 28.5 Å². The molecule has 39 heavy (non-hydrogen) atoms. The number of aliphatic imine (C=N–C) groups is 1. The fourth-order valence-corrected chi connectivity index (χ4v) is 7.94. The fraction of sp³-hybridized carbons (Fsp3) is 0.393. The first-order valence-electron chi connectivity index (χ1n) is 12.9. The van der Waals surface area contributed by atoms with Crippen molar-refractivity contribution in [3.8, 4) is 17.3 Å². The van der Waals surface area contributed by atoms with Crippen LogP contribution in [0.2, 0.25) is 0 Å². The summed E-state index contributed by atoms with van der Waals surface area (Å²) in [6.45, 7) is 0. The van der Waals surface area contributed by atoms with Crippen molar-refractivity contribution in [2.24, 2.45) is 22.7 Å². The maximum Gasteiger partial charge on any atom is 0.335 e. The van der Waals surface area contributed by atoms with Gasteiger partial charge < -0.3 is 9.84 Å². The Morgan fingerprint density at radius 1 is 1.13 bits per heavy atom. The van der Waals surface area contributed by atoms with E-state index in [9.17, 15) is 24.8 Å². The number of nitro benzene ring substituents is 1. The van der Waals surface area contributed by atoms with Crippen LogP contribution in [0.1, 0.15) is 49.7 Å². The molecule has 4 bridgehead atoms. The molecule has 2 N–H and O–H groups in total. The summed E-state index contributed by atoms with van der Waals surface area (Å²) in [6, 6.07) is 9.72. The molecule has 0 spiro atoms. The van der Waals surface area contributed by atoms with Crippen molar-refractivity contribution in [3.05, 3.63) is 83.0 Å². The first-order valence-corrected chi connectivity index (χ1v) is 13.7. The van der Waals surface area contributed by atoms with Crippen LogP contribution >= 0.6 is 15.9 Å². The van der Waals surface area contributed by atoms with Crippen LogP contribution in [-0.2, 0) is 5.41 Å². The van der Waals surface area contributed by atoms with E-state index in [1.807, 2.05) is 12.1 Å². The Morgan fingerprint density at radius 3 is 2.38 bits per heavy atom. The predicted octanol–water partition coefficient (Wildman–Crippen LogP) is 5.13. The van der Waals surface area contributed by atoms with Crippen molar-refractivity contribution in [2.75, 3.05) is 7.11 Å². The van der Waals surface area contributed by atoms with Crippen molar-refractivity contribution in [1.82, 2.24) is 9.55 Å². The maximum atomic E-state index is 12.9. The number of hydrogen-bond acceptors (Lipinski definition) is 7. The molecule has 0 saturated heterocycles. The minimum Gasteiger partial charge on any atom is -0.494 e. The summed E-state index contributed by atoms with van der Waals surface area (Å²) in [6.07, 6.45) is 8.65. The largest absolute Gasteiger partial charge is 0.494 e. The molecule has 4 aliphatic rings. The topological polar surface area (TPSA) is 140 Å². The van der Waals surface area contributed by atoms with Crippen LogP contribution in [0.15, 0.2) is 55.5 Å². The number of non-ortho nitro benzene ring substituents is 1. The second kappa shape index (κ2) is 9.48. The van der Waals surface area contributed by atoms with E-state index < -0.39 is 22.1 Å². The number of halogens is 1. The summed E-state index contributed by atoms with van der Waals surface area (Å²) in [4.78, 5) is 42.5. The SMILES string of the molecule is COc1ccc([N+](=O)[O-])cc1N=Cc1c(O)n(-c2ccc(C34CC5CC(CC(C5)C3)C4)cc2Br)c(=O)[nH]c1=O. The van der Waals surface area contributed by atoms with Crippen LogP contribution in [0.4, 0.5) is 11.4 Å². The molecule has 4 saturated carbocycles. The van der Waals surface area contributed by atoms with Gasteiger partial charge in [-0.1, -0.05) is 6.07 Å². The van der Waals surface area contributed by atoms with Crippen molar-refractivity contribution >= 4 is 33.5 Å². The number of aromatic amines is 1. The molecule has 2 aromatic carbocycles. The minimum atomic E-state index is -0.844. The average Bonchev–Trinajstić information content (AvgIpc) is 2.88. The fourth-order valence-electron chi connectivity index (χ4n) is 7.39. The van der Waals surface area contributed by atoms with Crippen LogP contribution in [0.3, 0.4) is 0 Å². The van der Waals surface area contributed by atoms with Crippen molar-refractivity contribution in [1.29, 1.82) is 0 Å². The minimum absolute atomic E-state index is 0.0874. The standard InChI is InChI=1S/C28H27BrN4O6/c1-39-24-5-3-19(33(37)38)10-22(24)30-14-20-25(34)31-27(36)32(26(20)35)23-4-2-18(9-21(23)29)28-11-15-6-16(12-28)8-17(7-15)13-28/h2-5,9-10,14-17,35H,6-8,11-13H2,1H3,(H,31,34,36). The Morgan fingerprint density at radius 2 is 1.79 bits per heavy atom. The van der Waals surface area contributed by atoms with Gasteiger partial charge in [-0.3, -0.25) is 24.9 Å². The highest BCUT2D eigenvalue weighted by atomic mass is 79.9. The first kappa shape index (κ1) is 25.5. The molecule has 3 aromatic rings. The lowest BCUT2D eigenvalue weighted by atomic mass is 9.48. The number of rotatable bonds is 6. The number of aromatic nitrogens is 2. The Bertz CT molecular complexity index is 1610. The lowest BCUT2D eigenvalue weighted by Gasteiger charge is -2.57. The molecule has 1 aromatic heterocycles. The molecule has 4 aliphatic carbocycles. The van der Waals surface area contributed by atoms with Crippen LogP contribution < -0.4 is 16.0 Å². The molecular formula is C28H27BrN4O6. The molecule has 0 atom stereocenters. The number of nitro groups is 1. The molecular weight excluding hydrogens is 568 g/mol. The van der Waals surface area contributed by atoms with E-state index in [0.29, 0.717) is 10.2 Å². The summed E-state index contributed by atoms with van der Waals surface area (Å²) in [5.41, 5.74) is -0.269. The lowest BCUT2D eigenvalue weighted by Crippen LogP contribution is -2.48.